The lowest BCUT2D eigenvalue weighted by atomic mass is 10.1. The van der Waals surface area contributed by atoms with Crippen molar-refractivity contribution in [3.63, 3.8) is 0 Å². The van der Waals surface area contributed by atoms with E-state index in [0.29, 0.717) is 34.6 Å². The van der Waals surface area contributed by atoms with Crippen LogP contribution in [0.5, 0.6) is 5.75 Å². The highest BCUT2D eigenvalue weighted by molar-refractivity contribution is 6.01. The number of oxazole rings is 1. The van der Waals surface area contributed by atoms with Crippen LogP contribution in [0.4, 0.5) is 0 Å². The summed E-state index contributed by atoms with van der Waals surface area (Å²) in [5.41, 5.74) is 3.04. The molecule has 174 valence electrons. The number of aromatic nitrogens is 1. The molecular weight excluding hydrogens is 436 g/mol. The number of benzene rings is 2. The maximum absolute atomic E-state index is 11.0. The van der Waals surface area contributed by atoms with E-state index in [1.807, 2.05) is 61.5 Å². The summed E-state index contributed by atoms with van der Waals surface area (Å²) < 4.78 is 16.8. The van der Waals surface area contributed by atoms with E-state index in [2.05, 4.69) is 10.1 Å². The fraction of sp³-hybridized carbons (Fsp3) is 0.192. The molecule has 2 heterocycles. The first-order valence-corrected chi connectivity index (χ1v) is 10.8. The molecule has 0 saturated carbocycles. The first-order chi connectivity index (χ1) is 16.6. The van der Waals surface area contributed by atoms with E-state index in [9.17, 15) is 4.79 Å². The molecule has 0 radical (unpaired) electrons. The van der Waals surface area contributed by atoms with Gasteiger partial charge in [-0.25, -0.2) is 4.98 Å². The number of hydrogen-bond donors (Lipinski definition) is 1. The molecule has 0 aliphatic rings. The summed E-state index contributed by atoms with van der Waals surface area (Å²) >= 11 is 0. The highest BCUT2D eigenvalue weighted by Crippen LogP contribution is 2.23. The number of nitrogens with zero attached hydrogens (tertiary/aromatic N) is 2. The van der Waals surface area contributed by atoms with Gasteiger partial charge in [0.2, 0.25) is 0 Å². The molecule has 34 heavy (non-hydrogen) atoms. The van der Waals surface area contributed by atoms with Crippen molar-refractivity contribution in [2.24, 2.45) is 5.16 Å². The Morgan fingerprint density at radius 3 is 2.50 bits per heavy atom. The predicted octanol–water partition coefficient (Wildman–Crippen LogP) is 5.61. The third-order valence-corrected chi connectivity index (χ3v) is 5.01. The zero-order valence-electron chi connectivity index (χ0n) is 18.6. The number of aryl methyl sites for hydroxylation is 1. The van der Waals surface area contributed by atoms with Gasteiger partial charge in [0.25, 0.3) is 5.89 Å². The molecule has 0 bridgehead atoms. The van der Waals surface area contributed by atoms with Crippen molar-refractivity contribution in [1.29, 1.82) is 0 Å². The van der Waals surface area contributed by atoms with Crippen molar-refractivity contribution in [1.82, 2.24) is 4.98 Å². The molecule has 4 aromatic rings. The summed E-state index contributed by atoms with van der Waals surface area (Å²) in [6.07, 6.45) is 1.84. The number of carbonyl (C=O) groups is 1. The number of carboxylic acid groups (broad SMARTS) is 1. The SMILES string of the molecule is Cc1oc(-c2ccco2)nc1COc1ccc(CO/N=C(/CCC(=O)O)c2ccccc2)cc1. The Labute approximate surface area is 196 Å². The zero-order valence-corrected chi connectivity index (χ0v) is 18.6. The summed E-state index contributed by atoms with van der Waals surface area (Å²) in [4.78, 5) is 20.9. The smallest absolute Gasteiger partial charge is 0.303 e. The Balaban J connectivity index is 1.32. The van der Waals surface area contributed by atoms with Crippen LogP contribution in [0.1, 0.15) is 35.4 Å². The van der Waals surface area contributed by atoms with Crippen LogP contribution in [0, 0.1) is 6.92 Å². The number of carboxylic acids is 1. The van der Waals surface area contributed by atoms with Gasteiger partial charge in [-0.2, -0.15) is 0 Å². The number of ether oxygens (including phenoxy) is 1. The molecule has 1 N–H and O–H groups in total. The Morgan fingerprint density at radius 2 is 1.79 bits per heavy atom. The third kappa shape index (κ3) is 6.13. The molecule has 0 saturated heterocycles. The number of furan rings is 1. The highest BCUT2D eigenvalue weighted by atomic mass is 16.6. The number of hydrogen-bond acceptors (Lipinski definition) is 7. The summed E-state index contributed by atoms with van der Waals surface area (Å²) in [5.74, 6) is 1.47. The molecule has 8 nitrogen and oxygen atoms in total. The van der Waals surface area contributed by atoms with Crippen LogP contribution in [-0.4, -0.2) is 21.8 Å². The Morgan fingerprint density at radius 1 is 1.00 bits per heavy atom. The summed E-state index contributed by atoms with van der Waals surface area (Å²) in [5, 5.41) is 13.2. The van der Waals surface area contributed by atoms with Gasteiger partial charge >= 0.3 is 5.97 Å². The van der Waals surface area contributed by atoms with Gasteiger partial charge in [-0.15, -0.1) is 0 Å². The average molecular weight is 460 g/mol. The van der Waals surface area contributed by atoms with E-state index >= 15 is 0 Å². The van der Waals surface area contributed by atoms with Crippen molar-refractivity contribution in [2.45, 2.75) is 33.0 Å². The van der Waals surface area contributed by atoms with Crippen molar-refractivity contribution in [3.05, 3.63) is 95.6 Å². The number of aliphatic carboxylic acids is 1. The summed E-state index contributed by atoms with van der Waals surface area (Å²) in [6, 6.07) is 20.4. The van der Waals surface area contributed by atoms with Crippen molar-refractivity contribution < 1.29 is 28.3 Å². The minimum atomic E-state index is -0.878. The van der Waals surface area contributed by atoms with E-state index in [0.717, 1.165) is 11.1 Å². The number of rotatable bonds is 11. The van der Waals surface area contributed by atoms with Gasteiger partial charge in [-0.3, -0.25) is 4.79 Å². The van der Waals surface area contributed by atoms with Gasteiger partial charge in [0, 0.05) is 6.42 Å². The van der Waals surface area contributed by atoms with Crippen LogP contribution in [0.2, 0.25) is 0 Å². The van der Waals surface area contributed by atoms with Crippen LogP contribution < -0.4 is 4.74 Å². The van der Waals surface area contributed by atoms with Crippen LogP contribution in [0.25, 0.3) is 11.7 Å². The first kappa shape index (κ1) is 22.8. The monoisotopic (exact) mass is 460 g/mol. The van der Waals surface area contributed by atoms with E-state index < -0.39 is 5.97 Å². The Kier molecular flexibility index (Phi) is 7.39. The van der Waals surface area contributed by atoms with Crippen molar-refractivity contribution in [3.8, 4) is 17.4 Å². The topological polar surface area (TPSA) is 107 Å². The number of oxime groups is 1. The van der Waals surface area contributed by atoms with Crippen LogP contribution >= 0.6 is 0 Å². The minimum absolute atomic E-state index is 0.0167. The Hall–Kier alpha value is -4.33. The largest absolute Gasteiger partial charge is 0.487 e. The highest BCUT2D eigenvalue weighted by Gasteiger charge is 2.14. The van der Waals surface area contributed by atoms with Gasteiger partial charge < -0.3 is 23.5 Å². The van der Waals surface area contributed by atoms with Gasteiger partial charge in [0.1, 0.15) is 30.4 Å². The maximum atomic E-state index is 11.0. The van der Waals surface area contributed by atoms with Gasteiger partial charge in [-0.05, 0) is 42.3 Å². The lowest BCUT2D eigenvalue weighted by Crippen LogP contribution is -2.06. The molecule has 0 unspecified atom stereocenters. The van der Waals surface area contributed by atoms with Gasteiger partial charge in [-0.1, -0.05) is 47.6 Å². The molecule has 0 fully saturated rings. The second-order valence-electron chi connectivity index (χ2n) is 7.50. The lowest BCUT2D eigenvalue weighted by molar-refractivity contribution is -0.136. The first-order valence-electron chi connectivity index (χ1n) is 10.8. The summed E-state index contributed by atoms with van der Waals surface area (Å²) in [7, 11) is 0. The van der Waals surface area contributed by atoms with Crippen LogP contribution in [0.15, 0.2) is 87.0 Å². The molecule has 0 spiro atoms. The van der Waals surface area contributed by atoms with E-state index in [4.69, 9.17) is 23.5 Å². The van der Waals surface area contributed by atoms with E-state index in [1.54, 1.807) is 18.4 Å². The van der Waals surface area contributed by atoms with E-state index in [1.165, 1.54) is 0 Å². The predicted molar refractivity (Wildman–Crippen MR) is 124 cm³/mol. The normalized spacial score (nSPS) is 11.4. The third-order valence-electron chi connectivity index (χ3n) is 5.01. The van der Waals surface area contributed by atoms with Crippen LogP contribution in [0.3, 0.4) is 0 Å². The van der Waals surface area contributed by atoms with Gasteiger partial charge in [0.15, 0.2) is 5.76 Å². The molecule has 4 rings (SSSR count). The summed E-state index contributed by atoms with van der Waals surface area (Å²) in [6.45, 7) is 2.35. The lowest BCUT2D eigenvalue weighted by Gasteiger charge is -2.08. The molecule has 0 aliphatic carbocycles. The van der Waals surface area contributed by atoms with E-state index in [-0.39, 0.29) is 26.1 Å². The average Bonchev–Trinajstić information content (AvgIpc) is 3.51. The second kappa shape index (κ2) is 11.0. The zero-order chi connectivity index (χ0) is 23.8. The molecule has 8 heteroatoms. The maximum Gasteiger partial charge on any atom is 0.303 e. The molecular formula is C26H24N2O6. The van der Waals surface area contributed by atoms with Crippen molar-refractivity contribution >= 4 is 11.7 Å². The molecule has 0 atom stereocenters. The molecule has 2 aromatic carbocycles. The molecule has 0 aliphatic heterocycles. The minimum Gasteiger partial charge on any atom is -0.487 e. The van der Waals surface area contributed by atoms with Crippen molar-refractivity contribution in [2.75, 3.05) is 0 Å². The fourth-order valence-electron chi connectivity index (χ4n) is 3.18. The quantitative estimate of drug-likeness (QED) is 0.229. The molecule has 0 amide bonds. The fourth-order valence-corrected chi connectivity index (χ4v) is 3.18. The standard InChI is InChI=1S/C26H24N2O6/c1-18-23(27-26(34-18)24-8-5-15-31-24)17-32-21-11-9-19(10-12-21)16-33-28-22(13-14-25(29)30)20-6-3-2-4-7-20/h2-12,15H,13-14,16-17H2,1H3,(H,29,30)/b28-22-. The Bertz CT molecular complexity index is 1230. The second-order valence-corrected chi connectivity index (χ2v) is 7.50. The van der Waals surface area contributed by atoms with Gasteiger partial charge in [0.05, 0.1) is 18.4 Å². The molecule has 2 aromatic heterocycles. The van der Waals surface area contributed by atoms with Crippen LogP contribution in [-0.2, 0) is 22.8 Å².